The van der Waals surface area contributed by atoms with Crippen LogP contribution in [0.5, 0.6) is 5.75 Å². The summed E-state index contributed by atoms with van der Waals surface area (Å²) in [5.41, 5.74) is 3.68. The number of ether oxygens (including phenoxy) is 1. The minimum Gasteiger partial charge on any atom is -0.491 e. The van der Waals surface area contributed by atoms with Crippen LogP contribution in [0.25, 0.3) is 0 Å². The normalized spacial score (nSPS) is 17.4. The van der Waals surface area contributed by atoms with Crippen LogP contribution in [0.15, 0.2) is 23.3 Å². The van der Waals surface area contributed by atoms with E-state index in [-0.39, 0.29) is 29.9 Å². The number of carbonyl (C=O) groups is 3. The Bertz CT molecular complexity index is 713. The second-order valence-corrected chi connectivity index (χ2v) is 5.28. The predicted octanol–water partition coefficient (Wildman–Crippen LogP) is 0.636. The number of benzene rings is 1. The van der Waals surface area contributed by atoms with Crippen LogP contribution < -0.4 is 20.4 Å². The van der Waals surface area contributed by atoms with Crippen molar-refractivity contribution in [2.24, 2.45) is 5.10 Å². The zero-order chi connectivity index (χ0) is 16.4. The molecule has 0 radical (unpaired) electrons. The molecule has 0 spiro atoms. The topological polar surface area (TPSA) is 100 Å². The fraction of sp³-hybridized carbons (Fsp3) is 0.333. The van der Waals surface area contributed by atoms with Gasteiger partial charge in [0.15, 0.2) is 0 Å². The molecule has 120 valence electrons. The highest BCUT2D eigenvalue weighted by Gasteiger charge is 2.22. The third-order valence-electron chi connectivity index (χ3n) is 3.69. The molecule has 0 atom stereocenters. The lowest BCUT2D eigenvalue weighted by Gasteiger charge is -2.18. The number of fused-ring (bicyclic) bond motifs is 1. The van der Waals surface area contributed by atoms with E-state index in [0.717, 1.165) is 0 Å². The molecule has 23 heavy (non-hydrogen) atoms. The van der Waals surface area contributed by atoms with Crippen LogP contribution in [0.4, 0.5) is 11.4 Å². The summed E-state index contributed by atoms with van der Waals surface area (Å²) in [7, 11) is 1.67. The third-order valence-corrected chi connectivity index (χ3v) is 3.69. The van der Waals surface area contributed by atoms with Gasteiger partial charge in [0.25, 0.3) is 5.91 Å². The molecule has 2 aliphatic rings. The number of amides is 3. The van der Waals surface area contributed by atoms with E-state index in [1.54, 1.807) is 25.2 Å². The molecule has 3 rings (SSSR count). The molecule has 2 N–H and O–H groups in total. The van der Waals surface area contributed by atoms with E-state index in [1.165, 1.54) is 4.90 Å². The first-order valence-corrected chi connectivity index (χ1v) is 7.25. The smallest absolute Gasteiger partial charge is 0.271 e. The number of carbonyl (C=O) groups excluding carboxylic acids is 3. The fourth-order valence-corrected chi connectivity index (χ4v) is 2.37. The summed E-state index contributed by atoms with van der Waals surface area (Å²) < 4.78 is 5.53. The monoisotopic (exact) mass is 316 g/mol. The van der Waals surface area contributed by atoms with Crippen molar-refractivity contribution in [1.29, 1.82) is 0 Å². The first-order valence-electron chi connectivity index (χ1n) is 7.25. The number of anilines is 2. The zero-order valence-corrected chi connectivity index (χ0v) is 12.6. The maximum atomic E-state index is 12.2. The van der Waals surface area contributed by atoms with Gasteiger partial charge in [-0.1, -0.05) is 0 Å². The van der Waals surface area contributed by atoms with Crippen LogP contribution in [0.3, 0.4) is 0 Å². The van der Waals surface area contributed by atoms with E-state index in [2.05, 4.69) is 15.8 Å². The molecule has 0 saturated heterocycles. The summed E-state index contributed by atoms with van der Waals surface area (Å²) in [4.78, 5) is 36.6. The van der Waals surface area contributed by atoms with Crippen molar-refractivity contribution < 1.29 is 19.1 Å². The third kappa shape index (κ3) is 3.15. The summed E-state index contributed by atoms with van der Waals surface area (Å²) in [6.07, 6.45) is 0.842. The molecule has 2 heterocycles. The molecule has 0 saturated carbocycles. The fourth-order valence-electron chi connectivity index (χ4n) is 2.37. The minimum atomic E-state index is -0.381. The van der Waals surface area contributed by atoms with E-state index in [4.69, 9.17) is 4.74 Å². The first kappa shape index (κ1) is 15.0. The molecule has 0 unspecified atom stereocenters. The summed E-state index contributed by atoms with van der Waals surface area (Å²) in [5.74, 6) is -0.0393. The van der Waals surface area contributed by atoms with E-state index < -0.39 is 0 Å². The largest absolute Gasteiger partial charge is 0.491 e. The predicted molar refractivity (Wildman–Crippen MR) is 83.4 cm³/mol. The Morgan fingerprint density at radius 2 is 2.13 bits per heavy atom. The molecule has 0 bridgehead atoms. The Morgan fingerprint density at radius 1 is 1.30 bits per heavy atom. The Hall–Kier alpha value is -2.90. The number of hydrogen-bond acceptors (Lipinski definition) is 5. The zero-order valence-electron chi connectivity index (χ0n) is 12.6. The van der Waals surface area contributed by atoms with Crippen LogP contribution in [0.2, 0.25) is 0 Å². The molecule has 1 aromatic rings. The van der Waals surface area contributed by atoms with Crippen molar-refractivity contribution in [1.82, 2.24) is 5.43 Å². The van der Waals surface area contributed by atoms with E-state index >= 15 is 0 Å². The maximum Gasteiger partial charge on any atom is 0.271 e. The maximum absolute atomic E-state index is 12.2. The van der Waals surface area contributed by atoms with Gasteiger partial charge in [0.05, 0.1) is 18.7 Å². The molecule has 1 aromatic carbocycles. The molecule has 8 nitrogen and oxygen atoms in total. The van der Waals surface area contributed by atoms with Crippen molar-refractivity contribution in [2.75, 3.05) is 23.9 Å². The highest BCUT2D eigenvalue weighted by atomic mass is 16.5. The van der Waals surface area contributed by atoms with Gasteiger partial charge in [-0.2, -0.15) is 5.10 Å². The lowest BCUT2D eigenvalue weighted by atomic mass is 10.1. The van der Waals surface area contributed by atoms with Crippen molar-refractivity contribution in [3.63, 3.8) is 0 Å². The molecular weight excluding hydrogens is 300 g/mol. The molecule has 2 aliphatic heterocycles. The number of nitrogens with one attached hydrogen (secondary N) is 2. The van der Waals surface area contributed by atoms with Gasteiger partial charge in [0, 0.05) is 25.6 Å². The van der Waals surface area contributed by atoms with Crippen molar-refractivity contribution in [3.8, 4) is 5.75 Å². The second kappa shape index (κ2) is 6.07. The van der Waals surface area contributed by atoms with Crippen LogP contribution in [0, 0.1) is 0 Å². The Morgan fingerprint density at radius 3 is 2.87 bits per heavy atom. The number of hydrogen-bond donors (Lipinski definition) is 2. The molecule has 8 heteroatoms. The van der Waals surface area contributed by atoms with Gasteiger partial charge >= 0.3 is 0 Å². The summed E-state index contributed by atoms with van der Waals surface area (Å²) in [6.45, 7) is 0.332. The Balaban J connectivity index is 1.79. The SMILES string of the molecule is CN1C(=O)CCOc2ccc(NC(=O)C3=NNC(=O)CC3)cc21. The van der Waals surface area contributed by atoms with Crippen molar-refractivity contribution in [3.05, 3.63) is 18.2 Å². The molecule has 0 fully saturated rings. The summed E-state index contributed by atoms with van der Waals surface area (Å²) >= 11 is 0. The first-order chi connectivity index (χ1) is 11.0. The van der Waals surface area contributed by atoms with E-state index in [1.807, 2.05) is 0 Å². The highest BCUT2D eigenvalue weighted by molar-refractivity contribution is 6.43. The molecule has 0 aliphatic carbocycles. The van der Waals surface area contributed by atoms with Gasteiger partial charge in [-0.3, -0.25) is 14.4 Å². The Kier molecular flexibility index (Phi) is 3.96. The quantitative estimate of drug-likeness (QED) is 0.836. The summed E-state index contributed by atoms with van der Waals surface area (Å²) in [5, 5.41) is 6.47. The minimum absolute atomic E-state index is 0.0494. The Labute approximate surface area is 132 Å². The number of nitrogens with zero attached hydrogens (tertiary/aromatic N) is 2. The molecule has 3 amide bonds. The van der Waals surface area contributed by atoms with Crippen LogP contribution >= 0.6 is 0 Å². The van der Waals surface area contributed by atoms with Crippen LogP contribution in [-0.2, 0) is 14.4 Å². The standard InChI is InChI=1S/C15H16N4O4/c1-19-11-8-9(2-4-12(11)23-7-6-14(19)21)16-15(22)10-3-5-13(20)18-17-10/h2,4,8H,3,5-7H2,1H3,(H,16,22)(H,18,20). The number of rotatable bonds is 2. The van der Waals surface area contributed by atoms with Gasteiger partial charge in [-0.15, -0.1) is 0 Å². The van der Waals surface area contributed by atoms with Gasteiger partial charge < -0.3 is 15.0 Å². The van der Waals surface area contributed by atoms with Gasteiger partial charge in [0.1, 0.15) is 11.5 Å². The van der Waals surface area contributed by atoms with Crippen LogP contribution in [-0.4, -0.2) is 37.1 Å². The average molecular weight is 316 g/mol. The molecular formula is C15H16N4O4. The molecule has 0 aromatic heterocycles. The summed E-state index contributed by atoms with van der Waals surface area (Å²) in [6, 6.07) is 5.09. The van der Waals surface area contributed by atoms with E-state index in [9.17, 15) is 14.4 Å². The number of hydrazone groups is 1. The lowest BCUT2D eigenvalue weighted by Crippen LogP contribution is -2.32. The van der Waals surface area contributed by atoms with Crippen molar-refractivity contribution >= 4 is 34.8 Å². The van der Waals surface area contributed by atoms with Gasteiger partial charge in [-0.25, -0.2) is 5.43 Å². The average Bonchev–Trinajstić information content (AvgIpc) is 2.68. The van der Waals surface area contributed by atoms with Crippen LogP contribution in [0.1, 0.15) is 19.3 Å². The van der Waals surface area contributed by atoms with Gasteiger partial charge in [-0.05, 0) is 18.2 Å². The second-order valence-electron chi connectivity index (χ2n) is 5.28. The highest BCUT2D eigenvalue weighted by Crippen LogP contribution is 2.33. The lowest BCUT2D eigenvalue weighted by molar-refractivity contribution is -0.121. The van der Waals surface area contributed by atoms with E-state index in [0.29, 0.717) is 36.6 Å². The van der Waals surface area contributed by atoms with Crippen molar-refractivity contribution in [2.45, 2.75) is 19.3 Å². The van der Waals surface area contributed by atoms with Gasteiger partial charge in [0.2, 0.25) is 11.8 Å².